The van der Waals surface area contributed by atoms with Crippen LogP contribution in [-0.4, -0.2) is 27.6 Å². The standard InChI is InChI=1S/C22H27ClN2O3S/c1-4-21(17-10-9-15-7-5-6-8-16(15)13-17)24-22(26)19-14-18(11-12-20(19)23)25(2)29(3,27)28/h9-14,21H,4-8H2,1-3H3,(H,24,26)/t21-/m0/s1. The number of nitrogens with zero attached hydrogens (tertiary/aromatic N) is 1. The summed E-state index contributed by atoms with van der Waals surface area (Å²) in [7, 11) is -1.99. The van der Waals surface area contributed by atoms with E-state index in [2.05, 4.69) is 23.5 Å². The molecule has 2 aromatic carbocycles. The lowest BCUT2D eigenvalue weighted by Crippen LogP contribution is -2.29. The van der Waals surface area contributed by atoms with Crippen molar-refractivity contribution in [2.24, 2.45) is 0 Å². The van der Waals surface area contributed by atoms with Crippen LogP contribution < -0.4 is 9.62 Å². The van der Waals surface area contributed by atoms with Crippen LogP contribution in [0.1, 0.15) is 59.3 Å². The summed E-state index contributed by atoms with van der Waals surface area (Å²) in [5.41, 5.74) is 4.51. The van der Waals surface area contributed by atoms with E-state index in [1.165, 1.54) is 37.1 Å². The Morgan fingerprint density at radius 1 is 1.14 bits per heavy atom. The first-order valence-electron chi connectivity index (χ1n) is 9.86. The number of sulfonamides is 1. The molecular weight excluding hydrogens is 408 g/mol. The third-order valence-corrected chi connectivity index (χ3v) is 7.08. The Balaban J connectivity index is 1.85. The Morgan fingerprint density at radius 3 is 2.48 bits per heavy atom. The lowest BCUT2D eigenvalue weighted by Gasteiger charge is -2.22. The van der Waals surface area contributed by atoms with E-state index in [-0.39, 0.29) is 22.5 Å². The van der Waals surface area contributed by atoms with Crippen LogP contribution in [0.5, 0.6) is 0 Å². The quantitative estimate of drug-likeness (QED) is 0.728. The fraction of sp³-hybridized carbons (Fsp3) is 0.409. The van der Waals surface area contributed by atoms with E-state index in [1.54, 1.807) is 12.1 Å². The molecule has 0 aliphatic heterocycles. The summed E-state index contributed by atoms with van der Waals surface area (Å²) >= 11 is 6.25. The zero-order valence-electron chi connectivity index (χ0n) is 17.0. The predicted octanol–water partition coefficient (Wildman–Crippen LogP) is 4.50. The SMILES string of the molecule is CC[C@H](NC(=O)c1cc(N(C)S(C)(=O)=O)ccc1Cl)c1ccc2c(c1)CCCC2. The fourth-order valence-corrected chi connectivity index (χ4v) is 4.40. The van der Waals surface area contributed by atoms with E-state index in [4.69, 9.17) is 11.6 Å². The maximum Gasteiger partial charge on any atom is 0.253 e. The Bertz CT molecular complexity index is 1020. The summed E-state index contributed by atoms with van der Waals surface area (Å²) < 4.78 is 24.8. The van der Waals surface area contributed by atoms with Gasteiger partial charge in [-0.25, -0.2) is 8.42 Å². The van der Waals surface area contributed by atoms with Crippen LogP contribution in [0.2, 0.25) is 5.02 Å². The number of amides is 1. The molecule has 1 amide bonds. The zero-order chi connectivity index (χ0) is 21.2. The maximum atomic E-state index is 13.0. The van der Waals surface area contributed by atoms with Crippen LogP contribution in [0.25, 0.3) is 0 Å². The molecule has 1 aliphatic rings. The number of hydrogen-bond acceptors (Lipinski definition) is 3. The molecule has 29 heavy (non-hydrogen) atoms. The minimum absolute atomic E-state index is 0.137. The van der Waals surface area contributed by atoms with Crippen LogP contribution >= 0.6 is 11.6 Å². The van der Waals surface area contributed by atoms with Crippen molar-refractivity contribution in [3.05, 3.63) is 63.7 Å². The van der Waals surface area contributed by atoms with E-state index in [0.717, 1.165) is 35.4 Å². The largest absolute Gasteiger partial charge is 0.345 e. The molecule has 0 heterocycles. The lowest BCUT2D eigenvalue weighted by molar-refractivity contribution is 0.0935. The van der Waals surface area contributed by atoms with Crippen LogP contribution in [0, 0.1) is 0 Å². The van der Waals surface area contributed by atoms with Crippen LogP contribution in [0.4, 0.5) is 5.69 Å². The number of anilines is 1. The summed E-state index contributed by atoms with van der Waals surface area (Å²) in [5.74, 6) is -0.316. The van der Waals surface area contributed by atoms with Gasteiger partial charge in [0, 0.05) is 7.05 Å². The van der Waals surface area contributed by atoms with Gasteiger partial charge in [0.05, 0.1) is 28.6 Å². The number of rotatable bonds is 6. The van der Waals surface area contributed by atoms with Crippen molar-refractivity contribution in [2.75, 3.05) is 17.6 Å². The second-order valence-corrected chi connectivity index (χ2v) is 9.99. The molecule has 2 aromatic rings. The van der Waals surface area contributed by atoms with Gasteiger partial charge in [0.2, 0.25) is 10.0 Å². The first-order chi connectivity index (χ1) is 13.7. The van der Waals surface area contributed by atoms with Crippen molar-refractivity contribution >= 4 is 33.2 Å². The normalized spacial score (nSPS) is 14.8. The molecule has 3 rings (SSSR count). The first kappa shape index (κ1) is 21.7. The highest BCUT2D eigenvalue weighted by atomic mass is 35.5. The monoisotopic (exact) mass is 434 g/mol. The topological polar surface area (TPSA) is 66.5 Å². The lowest BCUT2D eigenvalue weighted by atomic mass is 9.88. The van der Waals surface area contributed by atoms with E-state index < -0.39 is 10.0 Å². The Kier molecular flexibility index (Phi) is 6.54. The third kappa shape index (κ3) is 4.93. The molecule has 0 radical (unpaired) electrons. The Morgan fingerprint density at radius 2 is 1.83 bits per heavy atom. The number of fused-ring (bicyclic) bond motifs is 1. The van der Waals surface area contributed by atoms with E-state index in [1.807, 2.05) is 6.92 Å². The van der Waals surface area contributed by atoms with Crippen molar-refractivity contribution in [1.82, 2.24) is 5.32 Å². The van der Waals surface area contributed by atoms with Crippen molar-refractivity contribution in [1.29, 1.82) is 0 Å². The number of nitrogens with one attached hydrogen (secondary N) is 1. The zero-order valence-corrected chi connectivity index (χ0v) is 18.6. The van der Waals surface area contributed by atoms with Crippen LogP contribution in [-0.2, 0) is 22.9 Å². The predicted molar refractivity (Wildman–Crippen MR) is 118 cm³/mol. The smallest absolute Gasteiger partial charge is 0.253 e. The molecular formula is C22H27ClN2O3S. The van der Waals surface area contributed by atoms with Crippen molar-refractivity contribution in [3.8, 4) is 0 Å². The molecule has 0 bridgehead atoms. The number of aryl methyl sites for hydroxylation is 2. The Hall–Kier alpha value is -2.05. The molecule has 0 unspecified atom stereocenters. The summed E-state index contributed by atoms with van der Waals surface area (Å²) in [6.45, 7) is 2.03. The van der Waals surface area contributed by atoms with Gasteiger partial charge in [-0.1, -0.05) is 36.7 Å². The van der Waals surface area contributed by atoms with Gasteiger partial charge < -0.3 is 5.32 Å². The van der Waals surface area contributed by atoms with Gasteiger partial charge >= 0.3 is 0 Å². The molecule has 7 heteroatoms. The molecule has 1 N–H and O–H groups in total. The fourth-order valence-electron chi connectivity index (χ4n) is 3.70. The van der Waals surface area contributed by atoms with Gasteiger partial charge in [-0.3, -0.25) is 9.10 Å². The van der Waals surface area contributed by atoms with Gasteiger partial charge in [0.25, 0.3) is 5.91 Å². The van der Waals surface area contributed by atoms with Crippen molar-refractivity contribution in [3.63, 3.8) is 0 Å². The van der Waals surface area contributed by atoms with Gasteiger partial charge in [-0.05, 0) is 67.0 Å². The first-order valence-corrected chi connectivity index (χ1v) is 12.1. The third-order valence-electron chi connectivity index (χ3n) is 5.54. The number of halogens is 1. The average Bonchev–Trinajstić information content (AvgIpc) is 2.70. The molecule has 0 fully saturated rings. The van der Waals surface area contributed by atoms with E-state index in [0.29, 0.717) is 5.69 Å². The van der Waals surface area contributed by atoms with Gasteiger partial charge in [-0.15, -0.1) is 0 Å². The highest BCUT2D eigenvalue weighted by Crippen LogP contribution is 2.28. The molecule has 1 atom stereocenters. The second kappa shape index (κ2) is 8.76. The average molecular weight is 435 g/mol. The van der Waals surface area contributed by atoms with E-state index >= 15 is 0 Å². The number of hydrogen-bond donors (Lipinski definition) is 1. The molecule has 1 aliphatic carbocycles. The van der Waals surface area contributed by atoms with E-state index in [9.17, 15) is 13.2 Å². The highest BCUT2D eigenvalue weighted by molar-refractivity contribution is 7.92. The maximum absolute atomic E-state index is 13.0. The molecule has 0 spiro atoms. The molecule has 5 nitrogen and oxygen atoms in total. The summed E-state index contributed by atoms with van der Waals surface area (Å²) in [6.07, 6.45) is 6.50. The molecule has 0 saturated carbocycles. The number of benzene rings is 2. The summed E-state index contributed by atoms with van der Waals surface area (Å²) in [6, 6.07) is 11.0. The second-order valence-electron chi connectivity index (χ2n) is 7.56. The van der Waals surface area contributed by atoms with Gasteiger partial charge in [0.1, 0.15) is 0 Å². The highest BCUT2D eigenvalue weighted by Gasteiger charge is 2.20. The van der Waals surface area contributed by atoms with Crippen molar-refractivity contribution in [2.45, 2.75) is 45.1 Å². The van der Waals surface area contributed by atoms with Crippen molar-refractivity contribution < 1.29 is 13.2 Å². The molecule has 0 saturated heterocycles. The minimum Gasteiger partial charge on any atom is -0.345 e. The van der Waals surface area contributed by atoms with Crippen LogP contribution in [0.3, 0.4) is 0 Å². The summed E-state index contributed by atoms with van der Waals surface area (Å²) in [5, 5.41) is 3.35. The van der Waals surface area contributed by atoms with Gasteiger partial charge in [0.15, 0.2) is 0 Å². The molecule has 156 valence electrons. The van der Waals surface area contributed by atoms with Crippen LogP contribution in [0.15, 0.2) is 36.4 Å². The van der Waals surface area contributed by atoms with Gasteiger partial charge in [-0.2, -0.15) is 0 Å². The molecule has 0 aromatic heterocycles. The Labute approximate surface area is 178 Å². The number of carbonyl (C=O) groups is 1. The number of carbonyl (C=O) groups excluding carboxylic acids is 1. The summed E-state index contributed by atoms with van der Waals surface area (Å²) in [4.78, 5) is 13.0. The minimum atomic E-state index is -3.43.